The zero-order valence-electron chi connectivity index (χ0n) is 12.0. The van der Waals surface area contributed by atoms with Crippen LogP contribution in [0.15, 0.2) is 10.5 Å². The highest BCUT2D eigenvalue weighted by Gasteiger charge is 2.24. The lowest BCUT2D eigenvalue weighted by Gasteiger charge is -2.33. The molecule has 0 aliphatic carbocycles. The van der Waals surface area contributed by atoms with E-state index in [1.807, 2.05) is 4.90 Å². The quantitative estimate of drug-likeness (QED) is 0.511. The molecule has 120 valence electrons. The van der Waals surface area contributed by atoms with E-state index in [0.29, 0.717) is 24.2 Å². The molecule has 1 saturated heterocycles. The van der Waals surface area contributed by atoms with E-state index >= 15 is 0 Å². The summed E-state index contributed by atoms with van der Waals surface area (Å²) in [7, 11) is 0. The maximum atomic E-state index is 14.4. The summed E-state index contributed by atoms with van der Waals surface area (Å²) in [6, 6.07) is 3.85. The molecule has 8 heteroatoms. The largest absolute Gasteiger partial charge is 0.356 e. The van der Waals surface area contributed by atoms with Crippen molar-refractivity contribution in [1.29, 1.82) is 5.26 Å². The van der Waals surface area contributed by atoms with Crippen LogP contribution in [0.1, 0.15) is 19.3 Å². The fourth-order valence-corrected chi connectivity index (χ4v) is 3.58. The maximum absolute atomic E-state index is 14.4. The minimum Gasteiger partial charge on any atom is -0.356 e. The van der Waals surface area contributed by atoms with Gasteiger partial charge in [0.25, 0.3) is 0 Å². The van der Waals surface area contributed by atoms with Crippen molar-refractivity contribution in [3.05, 3.63) is 26.7 Å². The van der Waals surface area contributed by atoms with Crippen molar-refractivity contribution in [2.24, 2.45) is 5.92 Å². The Morgan fingerprint density at radius 1 is 1.43 bits per heavy atom. The van der Waals surface area contributed by atoms with Crippen molar-refractivity contribution in [2.75, 3.05) is 18.0 Å². The molecule has 1 fully saturated rings. The van der Waals surface area contributed by atoms with Crippen molar-refractivity contribution in [3.8, 4) is 6.07 Å². The van der Waals surface area contributed by atoms with E-state index in [9.17, 15) is 4.39 Å². The van der Waals surface area contributed by atoms with Crippen molar-refractivity contribution >= 4 is 55.9 Å². The molecule has 23 heavy (non-hydrogen) atoms. The van der Waals surface area contributed by atoms with E-state index in [2.05, 4.69) is 32.0 Å². The molecule has 1 atom stereocenters. The van der Waals surface area contributed by atoms with Crippen molar-refractivity contribution in [1.82, 2.24) is 9.97 Å². The number of rotatable bonds is 2. The first-order chi connectivity index (χ1) is 11.0. The van der Waals surface area contributed by atoms with Gasteiger partial charge in [0.1, 0.15) is 11.3 Å². The van der Waals surface area contributed by atoms with Gasteiger partial charge in [-0.05, 0) is 52.4 Å². The summed E-state index contributed by atoms with van der Waals surface area (Å²) < 4.78 is 14.6. The molecular formula is C15H12BrCl2FN4. The molecule has 0 spiro atoms. The number of piperidine rings is 1. The fourth-order valence-electron chi connectivity index (χ4n) is 2.92. The summed E-state index contributed by atoms with van der Waals surface area (Å²) in [6.45, 7) is 1.46. The standard InChI is InChI=1S/C15H12BrCl2FN4/c16-11-10(17)6-9-13(12(11)19)21-15(18)22-14(9)23-5-1-2-8(7-23)3-4-20/h6,8H,1-3,5,7H2. The number of hydrogen-bond donors (Lipinski definition) is 0. The first-order valence-corrected chi connectivity index (χ1v) is 8.68. The van der Waals surface area contributed by atoms with Crippen LogP contribution in [0.3, 0.4) is 0 Å². The zero-order chi connectivity index (χ0) is 16.6. The van der Waals surface area contributed by atoms with E-state index in [0.717, 1.165) is 19.4 Å². The molecule has 2 aromatic rings. The van der Waals surface area contributed by atoms with Gasteiger partial charge in [-0.1, -0.05) is 11.6 Å². The molecule has 1 aromatic heterocycles. The van der Waals surface area contributed by atoms with E-state index in [-0.39, 0.29) is 26.2 Å². The maximum Gasteiger partial charge on any atom is 0.225 e. The Kier molecular flexibility index (Phi) is 4.90. The van der Waals surface area contributed by atoms with Crippen LogP contribution in [-0.4, -0.2) is 23.1 Å². The average Bonchev–Trinajstić information content (AvgIpc) is 2.54. The minimum atomic E-state index is -0.552. The lowest BCUT2D eigenvalue weighted by Crippen LogP contribution is -2.36. The topological polar surface area (TPSA) is 52.8 Å². The minimum absolute atomic E-state index is 0.0111. The second-order valence-electron chi connectivity index (χ2n) is 5.52. The number of halogens is 4. The van der Waals surface area contributed by atoms with Crippen LogP contribution in [0.2, 0.25) is 10.3 Å². The Morgan fingerprint density at radius 2 is 2.22 bits per heavy atom. The molecule has 0 radical (unpaired) electrons. The van der Waals surface area contributed by atoms with Crippen LogP contribution in [0, 0.1) is 23.1 Å². The van der Waals surface area contributed by atoms with Crippen molar-refractivity contribution in [2.45, 2.75) is 19.3 Å². The molecule has 1 aliphatic heterocycles. The molecule has 2 heterocycles. The van der Waals surface area contributed by atoms with Crippen LogP contribution in [-0.2, 0) is 0 Å². The highest BCUT2D eigenvalue weighted by molar-refractivity contribution is 9.10. The predicted octanol–water partition coefficient (Wildman–Crippen LogP) is 4.97. The number of hydrogen-bond acceptors (Lipinski definition) is 4. The van der Waals surface area contributed by atoms with Gasteiger partial charge in [0.15, 0.2) is 5.82 Å². The normalized spacial score (nSPS) is 18.2. The second-order valence-corrected chi connectivity index (χ2v) is 7.05. The summed E-state index contributed by atoms with van der Waals surface area (Å²) in [6.07, 6.45) is 2.44. The highest BCUT2D eigenvalue weighted by Crippen LogP contribution is 2.36. The van der Waals surface area contributed by atoms with Crippen molar-refractivity contribution < 1.29 is 4.39 Å². The number of nitriles is 1. The van der Waals surface area contributed by atoms with Gasteiger partial charge in [-0.3, -0.25) is 0 Å². The molecule has 3 rings (SSSR count). The SMILES string of the molecule is N#CCC1CCCN(c2nc(Cl)nc3c(F)c(Br)c(Cl)cc23)C1. The Balaban J connectivity index is 2.12. The third kappa shape index (κ3) is 3.23. The van der Waals surface area contributed by atoms with Gasteiger partial charge in [-0.25, -0.2) is 9.37 Å². The number of anilines is 1. The number of fused-ring (bicyclic) bond motifs is 1. The van der Waals surface area contributed by atoms with Gasteiger partial charge in [-0.15, -0.1) is 0 Å². The zero-order valence-corrected chi connectivity index (χ0v) is 15.1. The van der Waals surface area contributed by atoms with Gasteiger partial charge >= 0.3 is 0 Å². The van der Waals surface area contributed by atoms with Gasteiger partial charge in [-0.2, -0.15) is 10.2 Å². The van der Waals surface area contributed by atoms with Gasteiger partial charge in [0.2, 0.25) is 5.28 Å². The lowest BCUT2D eigenvalue weighted by atomic mass is 9.95. The number of benzene rings is 1. The predicted molar refractivity (Wildman–Crippen MR) is 92.4 cm³/mol. The van der Waals surface area contributed by atoms with Crippen molar-refractivity contribution in [3.63, 3.8) is 0 Å². The van der Waals surface area contributed by atoms with E-state index in [1.165, 1.54) is 0 Å². The Hall–Kier alpha value is -1.16. The third-order valence-corrected chi connectivity index (χ3v) is 5.45. The first kappa shape index (κ1) is 16.7. The Labute approximate surface area is 151 Å². The smallest absolute Gasteiger partial charge is 0.225 e. The molecule has 0 bridgehead atoms. The lowest BCUT2D eigenvalue weighted by molar-refractivity contribution is 0.420. The molecule has 4 nitrogen and oxygen atoms in total. The Morgan fingerprint density at radius 3 is 2.96 bits per heavy atom. The molecular weight excluding hydrogens is 406 g/mol. The van der Waals surface area contributed by atoms with Crippen LogP contribution < -0.4 is 4.90 Å². The van der Waals surface area contributed by atoms with Crippen LogP contribution in [0.25, 0.3) is 10.9 Å². The Bertz CT molecular complexity index is 808. The fraction of sp³-hybridized carbons (Fsp3) is 0.400. The highest BCUT2D eigenvalue weighted by atomic mass is 79.9. The summed E-state index contributed by atoms with van der Waals surface area (Å²) >= 11 is 15.2. The van der Waals surface area contributed by atoms with Crippen LogP contribution >= 0.6 is 39.1 Å². The van der Waals surface area contributed by atoms with Gasteiger partial charge in [0, 0.05) is 24.9 Å². The molecule has 0 amide bonds. The molecule has 0 N–H and O–H groups in total. The molecule has 1 aliphatic rings. The first-order valence-electron chi connectivity index (χ1n) is 7.14. The van der Waals surface area contributed by atoms with Crippen LogP contribution in [0.5, 0.6) is 0 Å². The average molecular weight is 418 g/mol. The van der Waals surface area contributed by atoms with Crippen LogP contribution in [0.4, 0.5) is 10.2 Å². The summed E-state index contributed by atoms with van der Waals surface area (Å²) in [5.41, 5.74) is 0.138. The molecule has 1 aromatic carbocycles. The van der Waals surface area contributed by atoms with E-state index in [1.54, 1.807) is 6.07 Å². The number of nitrogens with zero attached hydrogens (tertiary/aromatic N) is 4. The summed E-state index contributed by atoms with van der Waals surface area (Å²) in [4.78, 5) is 10.3. The third-order valence-electron chi connectivity index (χ3n) is 3.98. The monoisotopic (exact) mass is 416 g/mol. The summed E-state index contributed by atoms with van der Waals surface area (Å²) in [5.74, 6) is 0.285. The summed E-state index contributed by atoms with van der Waals surface area (Å²) in [5, 5.41) is 9.68. The number of aromatic nitrogens is 2. The van der Waals surface area contributed by atoms with Gasteiger partial charge in [0.05, 0.1) is 15.6 Å². The van der Waals surface area contributed by atoms with E-state index < -0.39 is 5.82 Å². The van der Waals surface area contributed by atoms with Gasteiger partial charge < -0.3 is 4.90 Å². The molecule has 1 unspecified atom stereocenters. The molecule has 0 saturated carbocycles. The second kappa shape index (κ2) is 6.76. The van der Waals surface area contributed by atoms with E-state index in [4.69, 9.17) is 28.5 Å².